The quantitative estimate of drug-likeness (QED) is 0.499. The molecule has 19 heavy (non-hydrogen) atoms. The van der Waals surface area contributed by atoms with Crippen molar-refractivity contribution in [1.29, 1.82) is 0 Å². The van der Waals surface area contributed by atoms with E-state index in [4.69, 9.17) is 33.8 Å². The summed E-state index contributed by atoms with van der Waals surface area (Å²) in [6.07, 6.45) is 0.326. The molecule has 0 aliphatic carbocycles. The van der Waals surface area contributed by atoms with Crippen LogP contribution in [0, 0.1) is 0 Å². The van der Waals surface area contributed by atoms with Crippen molar-refractivity contribution in [3.8, 4) is 0 Å². The van der Waals surface area contributed by atoms with Gasteiger partial charge in [-0.15, -0.1) is 0 Å². The lowest BCUT2D eigenvalue weighted by Gasteiger charge is -2.26. The van der Waals surface area contributed by atoms with Gasteiger partial charge in [0.2, 0.25) is 0 Å². The SMILES string of the molecule is CC1OCCC1(O)CNc1nc(NN)c(Cl)cc1Cl. The van der Waals surface area contributed by atoms with Gasteiger partial charge in [-0.1, -0.05) is 23.2 Å². The zero-order valence-corrected chi connectivity index (χ0v) is 11.9. The van der Waals surface area contributed by atoms with Gasteiger partial charge in [0.05, 0.1) is 16.1 Å². The van der Waals surface area contributed by atoms with Gasteiger partial charge in [-0.2, -0.15) is 0 Å². The summed E-state index contributed by atoms with van der Waals surface area (Å²) in [5.41, 5.74) is 1.45. The van der Waals surface area contributed by atoms with Crippen LogP contribution in [-0.2, 0) is 4.74 Å². The van der Waals surface area contributed by atoms with Gasteiger partial charge in [-0.05, 0) is 13.0 Å². The third-order valence-electron chi connectivity index (χ3n) is 3.29. The van der Waals surface area contributed by atoms with Crippen LogP contribution >= 0.6 is 23.2 Å². The van der Waals surface area contributed by atoms with E-state index in [1.54, 1.807) is 0 Å². The number of nitrogens with one attached hydrogen (secondary N) is 2. The number of rotatable bonds is 4. The van der Waals surface area contributed by atoms with Crippen molar-refractivity contribution in [2.75, 3.05) is 23.9 Å². The van der Waals surface area contributed by atoms with Gasteiger partial charge in [0.1, 0.15) is 11.4 Å². The van der Waals surface area contributed by atoms with Crippen LogP contribution in [0.3, 0.4) is 0 Å². The minimum atomic E-state index is -0.930. The van der Waals surface area contributed by atoms with Crippen LogP contribution in [0.25, 0.3) is 0 Å². The van der Waals surface area contributed by atoms with Gasteiger partial charge in [0, 0.05) is 19.6 Å². The fourth-order valence-corrected chi connectivity index (χ4v) is 2.41. The van der Waals surface area contributed by atoms with Gasteiger partial charge < -0.3 is 20.6 Å². The molecule has 1 fully saturated rings. The van der Waals surface area contributed by atoms with Gasteiger partial charge >= 0.3 is 0 Å². The molecule has 1 saturated heterocycles. The van der Waals surface area contributed by atoms with E-state index >= 15 is 0 Å². The summed E-state index contributed by atoms with van der Waals surface area (Å²) in [6.45, 7) is 2.65. The highest BCUT2D eigenvalue weighted by Gasteiger charge is 2.39. The Morgan fingerprint density at radius 3 is 2.79 bits per heavy atom. The third-order valence-corrected chi connectivity index (χ3v) is 3.86. The standard InChI is InChI=1S/C11H16Cl2N4O2/c1-6-11(18,2-3-19-6)5-15-9-7(12)4-8(13)10(16-9)17-14/h4,6,18H,2-3,5,14H2,1H3,(H2,15,16,17). The lowest BCUT2D eigenvalue weighted by molar-refractivity contribution is -0.0176. The van der Waals surface area contributed by atoms with Crippen molar-refractivity contribution in [3.05, 3.63) is 16.1 Å². The maximum absolute atomic E-state index is 10.4. The third kappa shape index (κ3) is 3.04. The number of nitrogen functional groups attached to an aromatic ring is 1. The first kappa shape index (κ1) is 14.6. The van der Waals surface area contributed by atoms with E-state index in [-0.39, 0.29) is 12.6 Å². The highest BCUT2D eigenvalue weighted by molar-refractivity contribution is 6.37. The number of anilines is 2. The number of hydrazine groups is 1. The first-order valence-corrected chi connectivity index (χ1v) is 6.62. The number of halogens is 2. The molecule has 2 heterocycles. The van der Waals surface area contributed by atoms with Crippen LogP contribution in [0.1, 0.15) is 13.3 Å². The van der Waals surface area contributed by atoms with Crippen LogP contribution in [0.4, 0.5) is 11.6 Å². The number of hydrogen-bond acceptors (Lipinski definition) is 6. The van der Waals surface area contributed by atoms with Crippen molar-refractivity contribution in [3.63, 3.8) is 0 Å². The molecule has 0 spiro atoms. The number of pyridine rings is 1. The minimum absolute atomic E-state index is 0.238. The van der Waals surface area contributed by atoms with E-state index in [0.717, 1.165) is 0 Å². The molecule has 0 aromatic carbocycles. The van der Waals surface area contributed by atoms with Gasteiger partial charge in [0.15, 0.2) is 5.82 Å². The topological polar surface area (TPSA) is 92.4 Å². The molecule has 2 atom stereocenters. The molecule has 6 nitrogen and oxygen atoms in total. The van der Waals surface area contributed by atoms with E-state index < -0.39 is 5.60 Å². The van der Waals surface area contributed by atoms with E-state index in [1.807, 2.05) is 6.92 Å². The van der Waals surface area contributed by atoms with E-state index in [2.05, 4.69) is 15.7 Å². The summed E-state index contributed by atoms with van der Waals surface area (Å²) in [5.74, 6) is 6.02. The highest BCUT2D eigenvalue weighted by Crippen LogP contribution is 2.30. The van der Waals surface area contributed by atoms with Crippen LogP contribution in [0.2, 0.25) is 10.0 Å². The number of nitrogens with zero attached hydrogens (tertiary/aromatic N) is 1. The summed E-state index contributed by atoms with van der Waals surface area (Å²) in [6, 6.07) is 1.53. The Bertz CT molecular complexity index is 474. The molecular weight excluding hydrogens is 291 g/mol. The number of nitrogens with two attached hydrogens (primary N) is 1. The summed E-state index contributed by atoms with van der Waals surface area (Å²) in [4.78, 5) is 4.14. The lowest BCUT2D eigenvalue weighted by atomic mass is 9.97. The number of hydrogen-bond donors (Lipinski definition) is 4. The van der Waals surface area contributed by atoms with Gasteiger partial charge in [-0.3, -0.25) is 0 Å². The zero-order chi connectivity index (χ0) is 14.0. The fourth-order valence-electron chi connectivity index (χ4n) is 1.93. The summed E-state index contributed by atoms with van der Waals surface area (Å²) < 4.78 is 5.35. The molecule has 0 saturated carbocycles. The molecule has 2 unspecified atom stereocenters. The van der Waals surface area contributed by atoms with Crippen molar-refractivity contribution in [1.82, 2.24) is 4.98 Å². The van der Waals surface area contributed by atoms with Gasteiger partial charge in [0.25, 0.3) is 0 Å². The molecular formula is C11H16Cl2N4O2. The Kier molecular flexibility index (Phi) is 4.37. The largest absolute Gasteiger partial charge is 0.385 e. The molecule has 0 radical (unpaired) electrons. The van der Waals surface area contributed by atoms with Crippen LogP contribution in [0.5, 0.6) is 0 Å². The predicted molar refractivity (Wildman–Crippen MR) is 75.5 cm³/mol. The van der Waals surface area contributed by atoms with Gasteiger partial charge in [-0.25, -0.2) is 10.8 Å². The molecule has 5 N–H and O–H groups in total. The summed E-state index contributed by atoms with van der Waals surface area (Å²) in [7, 11) is 0. The predicted octanol–water partition coefficient (Wildman–Crippen LogP) is 1.63. The Balaban J connectivity index is 2.11. The molecule has 1 aromatic heterocycles. The number of aromatic nitrogens is 1. The Labute approximate surface area is 121 Å². The zero-order valence-electron chi connectivity index (χ0n) is 10.4. The van der Waals surface area contributed by atoms with Crippen molar-refractivity contribution < 1.29 is 9.84 Å². The van der Waals surface area contributed by atoms with Crippen LogP contribution in [-0.4, -0.2) is 34.9 Å². The normalized spacial score (nSPS) is 26.5. The average molecular weight is 307 g/mol. The molecule has 0 amide bonds. The van der Waals surface area contributed by atoms with Crippen LogP contribution in [0.15, 0.2) is 6.07 Å². The van der Waals surface area contributed by atoms with Crippen LogP contribution < -0.4 is 16.6 Å². The fraction of sp³-hybridized carbons (Fsp3) is 0.545. The van der Waals surface area contributed by atoms with Crippen molar-refractivity contribution >= 4 is 34.8 Å². The Hall–Kier alpha value is -0.790. The number of ether oxygens (including phenoxy) is 1. The lowest BCUT2D eigenvalue weighted by Crippen LogP contribution is -2.43. The van der Waals surface area contributed by atoms with E-state index in [1.165, 1.54) is 6.07 Å². The maximum Gasteiger partial charge on any atom is 0.161 e. The molecule has 1 aliphatic rings. The Morgan fingerprint density at radius 2 is 2.21 bits per heavy atom. The second-order valence-corrected chi connectivity index (χ2v) is 5.33. The first-order chi connectivity index (χ1) is 8.96. The summed E-state index contributed by atoms with van der Waals surface area (Å²) in [5, 5.41) is 14.1. The molecule has 1 aliphatic heterocycles. The molecule has 0 bridgehead atoms. The first-order valence-electron chi connectivity index (χ1n) is 5.87. The van der Waals surface area contributed by atoms with Crippen molar-refractivity contribution in [2.45, 2.75) is 25.0 Å². The minimum Gasteiger partial charge on any atom is -0.385 e. The van der Waals surface area contributed by atoms with E-state index in [0.29, 0.717) is 34.7 Å². The monoisotopic (exact) mass is 306 g/mol. The molecule has 1 aromatic rings. The highest BCUT2D eigenvalue weighted by atomic mass is 35.5. The summed E-state index contributed by atoms with van der Waals surface area (Å²) >= 11 is 11.9. The molecule has 106 valence electrons. The molecule has 2 rings (SSSR count). The number of aliphatic hydroxyl groups is 1. The Morgan fingerprint density at radius 1 is 1.53 bits per heavy atom. The second kappa shape index (κ2) is 5.68. The second-order valence-electron chi connectivity index (χ2n) is 4.51. The van der Waals surface area contributed by atoms with Crippen molar-refractivity contribution in [2.24, 2.45) is 5.84 Å². The molecule has 8 heteroatoms. The maximum atomic E-state index is 10.4. The van der Waals surface area contributed by atoms with E-state index in [9.17, 15) is 5.11 Å². The average Bonchev–Trinajstić information content (AvgIpc) is 2.69. The smallest absolute Gasteiger partial charge is 0.161 e.